The van der Waals surface area contributed by atoms with Crippen LogP contribution in [0.4, 0.5) is 62.6 Å². The van der Waals surface area contributed by atoms with Crippen LogP contribution >= 0.6 is 0 Å². The number of amides is 2. The van der Waals surface area contributed by atoms with Crippen LogP contribution in [0.5, 0.6) is 11.5 Å². The highest BCUT2D eigenvalue weighted by Gasteiger charge is 2.36. The number of para-hydroxylation sites is 2. The summed E-state index contributed by atoms with van der Waals surface area (Å²) in [6.07, 6.45) is 0.706. The molecule has 19 nitrogen and oxygen atoms in total. The smallest absolute Gasteiger partial charge is 0.311 e. The number of carbonyl (C=O) groups is 2. The number of quaternary nitrogens is 1. The molecule has 0 spiro atoms. The van der Waals surface area contributed by atoms with Crippen LogP contribution in [0.15, 0.2) is 202 Å². The molecule has 2 heterocycles. The summed E-state index contributed by atoms with van der Waals surface area (Å²) < 4.78 is 11.7. The molecule has 19 heteroatoms. The first-order valence-corrected chi connectivity index (χ1v) is 25.7. The lowest BCUT2D eigenvalue weighted by molar-refractivity contribution is -0.385. The largest absolute Gasteiger partial charge is 0.494 e. The van der Waals surface area contributed by atoms with Gasteiger partial charge < -0.3 is 29.2 Å². The van der Waals surface area contributed by atoms with E-state index in [1.807, 2.05) is 139 Å². The third-order valence-corrected chi connectivity index (χ3v) is 15.1. The number of nitro groups is 2. The highest BCUT2D eigenvalue weighted by molar-refractivity contribution is 6.24. The van der Waals surface area contributed by atoms with Gasteiger partial charge in [-0.1, -0.05) is 66.7 Å². The number of fused-ring (bicyclic) bond motifs is 10. The van der Waals surface area contributed by atoms with E-state index >= 15 is 0 Å². The van der Waals surface area contributed by atoms with Crippen molar-refractivity contribution in [2.24, 2.45) is 20.5 Å². The zero-order valence-corrected chi connectivity index (χ0v) is 44.7. The number of ether oxygens (including phenoxy) is 2. The van der Waals surface area contributed by atoms with Crippen LogP contribution < -0.4 is 23.8 Å². The van der Waals surface area contributed by atoms with Gasteiger partial charge >= 0.3 is 6.41 Å². The number of H-pyrrole nitrogens is 2. The van der Waals surface area contributed by atoms with Crippen molar-refractivity contribution in [1.82, 2.24) is 14.5 Å². The molecule has 1 unspecified atom stereocenters. The molecule has 1 atom stereocenters. The summed E-state index contributed by atoms with van der Waals surface area (Å²) in [7, 11) is 8.08. The summed E-state index contributed by atoms with van der Waals surface area (Å²) in [6, 6.07) is 54.2. The van der Waals surface area contributed by atoms with E-state index in [1.165, 1.54) is 49.5 Å². The van der Waals surface area contributed by atoms with Crippen molar-refractivity contribution in [2.75, 3.05) is 45.2 Å². The number of aromatic nitrogens is 2. The number of rotatable bonds is 15. The molecule has 0 aliphatic rings. The lowest BCUT2D eigenvalue weighted by Gasteiger charge is -2.28. The lowest BCUT2D eigenvalue weighted by Crippen LogP contribution is -2.38. The third kappa shape index (κ3) is 8.79. The number of nitrogens with zero attached hydrogens (tertiary/aromatic N) is 9. The summed E-state index contributed by atoms with van der Waals surface area (Å²) in [5.74, 6) is -0.0367. The van der Waals surface area contributed by atoms with Gasteiger partial charge in [0.1, 0.15) is 11.4 Å². The quantitative estimate of drug-likeness (QED) is 0.0327. The number of non-ortho nitro benzene ring substituents is 2. The zero-order valence-electron chi connectivity index (χ0n) is 44.7. The Bertz CT molecular complexity index is 4670. The van der Waals surface area contributed by atoms with Gasteiger partial charge in [-0.25, -0.2) is 4.79 Å². The van der Waals surface area contributed by atoms with Gasteiger partial charge in [-0.15, -0.1) is 10.2 Å². The van der Waals surface area contributed by atoms with Crippen molar-refractivity contribution in [2.45, 2.75) is 0 Å². The number of aromatic amines is 2. The zero-order chi connectivity index (χ0) is 57.0. The first-order chi connectivity index (χ1) is 39.8. The second kappa shape index (κ2) is 20.6. The normalized spacial score (nSPS) is 12.5. The van der Waals surface area contributed by atoms with Gasteiger partial charge in [0, 0.05) is 99.2 Å². The van der Waals surface area contributed by atoms with E-state index in [0.29, 0.717) is 62.4 Å². The molecule has 402 valence electrons. The Balaban J connectivity index is 0.872. The first kappa shape index (κ1) is 51.6. The van der Waals surface area contributed by atoms with E-state index in [-0.39, 0.29) is 28.4 Å². The van der Waals surface area contributed by atoms with Crippen LogP contribution in [-0.2, 0) is 4.79 Å². The van der Waals surface area contributed by atoms with Crippen LogP contribution in [-0.4, -0.2) is 67.5 Å². The number of anilines is 3. The van der Waals surface area contributed by atoms with Crippen LogP contribution in [0.25, 0.3) is 65.2 Å². The molecule has 2 aromatic heterocycles. The van der Waals surface area contributed by atoms with Crippen molar-refractivity contribution < 1.29 is 28.9 Å². The molecule has 0 saturated carbocycles. The van der Waals surface area contributed by atoms with Gasteiger partial charge in [0.2, 0.25) is 5.75 Å². The summed E-state index contributed by atoms with van der Waals surface area (Å²) >= 11 is 0. The van der Waals surface area contributed by atoms with Crippen molar-refractivity contribution >= 4 is 140 Å². The number of benzene rings is 10. The molecule has 0 saturated heterocycles. The van der Waals surface area contributed by atoms with Gasteiger partial charge in [0.05, 0.1) is 70.8 Å². The van der Waals surface area contributed by atoms with Gasteiger partial charge in [-0.3, -0.25) is 25.0 Å². The molecule has 12 rings (SSSR count). The number of nitrogens with one attached hydrogen (secondary N) is 2. The van der Waals surface area contributed by atoms with E-state index in [1.54, 1.807) is 38.4 Å². The minimum absolute atomic E-state index is 0.152. The van der Waals surface area contributed by atoms with Gasteiger partial charge in [0.15, 0.2) is 17.1 Å². The number of hydrogen-bond donors (Lipinski definition) is 2. The van der Waals surface area contributed by atoms with Crippen molar-refractivity contribution in [3.63, 3.8) is 0 Å². The Morgan fingerprint density at radius 2 is 1.05 bits per heavy atom. The molecular formula is C63H48N11O8+. The Morgan fingerprint density at radius 1 is 0.549 bits per heavy atom. The van der Waals surface area contributed by atoms with Gasteiger partial charge in [0.25, 0.3) is 17.3 Å². The second-order valence-electron chi connectivity index (χ2n) is 19.7. The predicted octanol–water partition coefficient (Wildman–Crippen LogP) is 16.4. The molecule has 0 fully saturated rings. The van der Waals surface area contributed by atoms with Gasteiger partial charge in [-0.2, -0.15) is 14.7 Å². The fourth-order valence-corrected chi connectivity index (χ4v) is 10.7. The topological polar surface area (TPSA) is 226 Å². The number of methoxy groups -OCH3 is 2. The molecular weight excluding hydrogens is 1040 g/mol. The molecule has 10 aromatic carbocycles. The second-order valence-corrected chi connectivity index (χ2v) is 19.7. The van der Waals surface area contributed by atoms with Crippen molar-refractivity contribution in [3.05, 3.63) is 208 Å². The number of hydrogen-bond acceptors (Lipinski definition) is 13. The summed E-state index contributed by atoms with van der Waals surface area (Å²) in [5.41, 5.74) is 7.74. The van der Waals surface area contributed by atoms with E-state index in [4.69, 9.17) is 29.9 Å². The molecule has 2 amide bonds. The van der Waals surface area contributed by atoms with Crippen molar-refractivity contribution in [1.29, 1.82) is 0 Å². The summed E-state index contributed by atoms with van der Waals surface area (Å²) in [5, 5.41) is 49.4. The average Bonchev–Trinajstić information content (AvgIpc) is 4.21. The van der Waals surface area contributed by atoms with E-state index in [2.05, 4.69) is 9.97 Å². The SMILES string of the molecule is COc1c(C(=O)N(C)c2cccc([N+](=O)[O-])c2)cc2ccc3c4ccccc4[nH]c3c2c1N=Nc1ccc(N(C)c2ccc(N=Nc3c(OC)c([N+](C)(C=O)c4cccc([N+](=O)[O-])c4)cc4ccc5c6ccccc6[nH]c5c34)cc2)cc1. The van der Waals surface area contributed by atoms with Gasteiger partial charge in [-0.05, 0) is 89.6 Å². The predicted molar refractivity (Wildman–Crippen MR) is 321 cm³/mol. The summed E-state index contributed by atoms with van der Waals surface area (Å²) in [4.78, 5) is 60.7. The number of azo groups is 2. The van der Waals surface area contributed by atoms with Crippen LogP contribution in [0, 0.1) is 20.2 Å². The molecule has 0 aliphatic carbocycles. The number of nitro benzene ring substituents is 2. The molecule has 82 heavy (non-hydrogen) atoms. The van der Waals surface area contributed by atoms with Crippen LogP contribution in [0.3, 0.4) is 0 Å². The Kier molecular flexibility index (Phi) is 12.9. The molecule has 0 bridgehead atoms. The minimum Gasteiger partial charge on any atom is -0.494 e. The lowest BCUT2D eigenvalue weighted by atomic mass is 9.99. The highest BCUT2D eigenvalue weighted by Crippen LogP contribution is 2.51. The molecule has 0 radical (unpaired) electrons. The van der Waals surface area contributed by atoms with Crippen molar-refractivity contribution in [3.8, 4) is 11.5 Å². The number of carbonyl (C=O) groups excluding carboxylic acids is 2. The third-order valence-electron chi connectivity index (χ3n) is 15.1. The molecule has 0 aliphatic heterocycles. The fraction of sp³-hybridized carbons (Fsp3) is 0.0794. The Morgan fingerprint density at radius 3 is 1.57 bits per heavy atom. The molecule has 12 aromatic rings. The Labute approximate surface area is 466 Å². The van der Waals surface area contributed by atoms with E-state index < -0.39 is 20.2 Å². The standard InChI is InChI=1S/C63H47N11O8/c1-70(41-26-22-39(23-27-41)66-68-59-55-37(20-30-49-47-16-6-8-18-52(47)64-57(49)55)32-51(61(59)81-4)63(76)71(2)43-12-10-13-44(34-43)72(77)78)42-28-24-40(25-29-42)67-69-60-56-38(21-31-50-48-17-7-9-19-53(48)65-58(50)56)33-54(62(60)82-5)74(3,36-75)46-15-11-14-45(35-46)73(79)80/h6-36H,1-5H3,(H-,64,65,66,67,76)/p+1. The average molecular weight is 1090 g/mol. The maximum absolute atomic E-state index is 14.4. The fourth-order valence-electron chi connectivity index (χ4n) is 10.7. The van der Waals surface area contributed by atoms with E-state index in [0.717, 1.165) is 60.4 Å². The Hall–Kier alpha value is -11.2. The van der Waals surface area contributed by atoms with E-state index in [9.17, 15) is 29.8 Å². The summed E-state index contributed by atoms with van der Waals surface area (Å²) in [6.45, 7) is 0. The minimum atomic E-state index is -0.508. The van der Waals surface area contributed by atoms with Crippen LogP contribution in [0.1, 0.15) is 10.4 Å². The van der Waals surface area contributed by atoms with Crippen LogP contribution in [0.2, 0.25) is 0 Å². The molecule has 2 N–H and O–H groups in total. The monoisotopic (exact) mass is 1090 g/mol. The first-order valence-electron chi connectivity index (χ1n) is 25.7. The maximum Gasteiger partial charge on any atom is 0.311 e. The maximum atomic E-state index is 14.4. The highest BCUT2D eigenvalue weighted by atomic mass is 16.6.